The number of fused-ring (bicyclic) bond motifs is 1. The maximum atomic E-state index is 5.02. The second-order valence-electron chi connectivity index (χ2n) is 7.05. The van der Waals surface area contributed by atoms with Crippen LogP contribution in [0.4, 0.5) is 0 Å². The van der Waals surface area contributed by atoms with E-state index in [2.05, 4.69) is 103 Å². The van der Waals surface area contributed by atoms with E-state index in [0.717, 1.165) is 16.9 Å². The van der Waals surface area contributed by atoms with Gasteiger partial charge in [-0.15, -0.1) is 0 Å². The number of imidazole rings is 1. The first-order valence-electron chi connectivity index (χ1n) is 9.49. The number of aromatic nitrogens is 2. The van der Waals surface area contributed by atoms with Crippen LogP contribution in [0.3, 0.4) is 0 Å². The molecule has 0 atom stereocenters. The Morgan fingerprint density at radius 1 is 0.607 bits per heavy atom. The van der Waals surface area contributed by atoms with Gasteiger partial charge in [-0.3, -0.25) is 0 Å². The lowest BCUT2D eigenvalue weighted by Gasteiger charge is -2.09. The standard InChI is InChI=1S/C26H20N2/c1-19-10-8-9-15-23(19)25-18-28-17-22(20-11-4-2-5-12-20)16-24(26(28)27-25)21-13-6-3-7-14-21/h2-18H,1H3. The molecule has 0 aliphatic carbocycles. The SMILES string of the molecule is Cc1ccccc1-c1cn2cc(-c3ccccc3)cc(-c3ccccc3)c2n1. The number of pyridine rings is 1. The van der Waals surface area contributed by atoms with Crippen molar-refractivity contribution in [2.75, 3.05) is 0 Å². The predicted octanol–water partition coefficient (Wildman–Crippen LogP) is 6.64. The fraction of sp³-hybridized carbons (Fsp3) is 0.0385. The Balaban J connectivity index is 1.78. The lowest BCUT2D eigenvalue weighted by atomic mass is 10.0. The van der Waals surface area contributed by atoms with Crippen LogP contribution in [0.2, 0.25) is 0 Å². The van der Waals surface area contributed by atoms with Crippen LogP contribution >= 0.6 is 0 Å². The molecule has 3 aromatic carbocycles. The zero-order valence-electron chi connectivity index (χ0n) is 15.7. The van der Waals surface area contributed by atoms with Gasteiger partial charge >= 0.3 is 0 Å². The normalized spacial score (nSPS) is 11.0. The van der Waals surface area contributed by atoms with E-state index >= 15 is 0 Å². The molecule has 2 nitrogen and oxygen atoms in total. The van der Waals surface area contributed by atoms with Crippen molar-refractivity contribution in [1.82, 2.24) is 9.38 Å². The van der Waals surface area contributed by atoms with Crippen LogP contribution in [-0.2, 0) is 0 Å². The summed E-state index contributed by atoms with van der Waals surface area (Å²) in [6.45, 7) is 2.13. The summed E-state index contributed by atoms with van der Waals surface area (Å²) in [5, 5.41) is 0. The summed E-state index contributed by atoms with van der Waals surface area (Å²) in [5.74, 6) is 0. The number of hydrogen-bond donors (Lipinski definition) is 0. The number of nitrogens with zero attached hydrogens (tertiary/aromatic N) is 2. The number of aryl methyl sites for hydroxylation is 1. The third-order valence-electron chi connectivity index (χ3n) is 5.16. The summed E-state index contributed by atoms with van der Waals surface area (Å²) in [4.78, 5) is 5.02. The van der Waals surface area contributed by atoms with Crippen LogP contribution in [0.25, 0.3) is 39.2 Å². The van der Waals surface area contributed by atoms with Crippen molar-refractivity contribution in [3.63, 3.8) is 0 Å². The largest absolute Gasteiger partial charge is 0.305 e. The average Bonchev–Trinajstić information content (AvgIpc) is 3.18. The smallest absolute Gasteiger partial charge is 0.145 e. The molecule has 134 valence electrons. The van der Waals surface area contributed by atoms with Gasteiger partial charge in [0.25, 0.3) is 0 Å². The molecule has 2 heterocycles. The Kier molecular flexibility index (Phi) is 4.02. The van der Waals surface area contributed by atoms with Gasteiger partial charge < -0.3 is 4.40 Å². The Labute approximate surface area is 164 Å². The molecule has 0 spiro atoms. The maximum absolute atomic E-state index is 5.02. The van der Waals surface area contributed by atoms with Crippen LogP contribution in [0.1, 0.15) is 5.56 Å². The molecule has 28 heavy (non-hydrogen) atoms. The molecule has 5 rings (SSSR count). The van der Waals surface area contributed by atoms with Crippen LogP contribution in [0.15, 0.2) is 103 Å². The summed E-state index contributed by atoms with van der Waals surface area (Å²) in [6, 6.07) is 31.6. The Bertz CT molecular complexity index is 1250. The molecule has 0 aliphatic rings. The molecular formula is C26H20N2. The number of hydrogen-bond acceptors (Lipinski definition) is 1. The molecule has 2 heteroatoms. The summed E-state index contributed by atoms with van der Waals surface area (Å²) >= 11 is 0. The predicted molar refractivity (Wildman–Crippen MR) is 116 cm³/mol. The van der Waals surface area contributed by atoms with Crippen LogP contribution in [0.5, 0.6) is 0 Å². The Morgan fingerprint density at radius 2 is 1.25 bits per heavy atom. The van der Waals surface area contributed by atoms with E-state index in [-0.39, 0.29) is 0 Å². The van der Waals surface area contributed by atoms with Crippen molar-refractivity contribution >= 4 is 5.65 Å². The van der Waals surface area contributed by atoms with Gasteiger partial charge in [-0.25, -0.2) is 4.98 Å². The molecule has 0 bridgehead atoms. The third-order valence-corrected chi connectivity index (χ3v) is 5.16. The second kappa shape index (κ2) is 6.82. The van der Waals surface area contributed by atoms with E-state index in [1.54, 1.807) is 0 Å². The molecule has 0 radical (unpaired) electrons. The van der Waals surface area contributed by atoms with E-state index in [0.29, 0.717) is 0 Å². The molecule has 0 fully saturated rings. The van der Waals surface area contributed by atoms with Crippen molar-refractivity contribution in [2.45, 2.75) is 6.92 Å². The van der Waals surface area contributed by atoms with Crippen LogP contribution < -0.4 is 0 Å². The van der Waals surface area contributed by atoms with Gasteiger partial charge in [-0.2, -0.15) is 0 Å². The lowest BCUT2D eigenvalue weighted by Crippen LogP contribution is -1.90. The molecule has 5 aromatic rings. The molecule has 0 aliphatic heterocycles. The molecule has 0 saturated heterocycles. The number of benzene rings is 3. The average molecular weight is 360 g/mol. The second-order valence-corrected chi connectivity index (χ2v) is 7.05. The minimum absolute atomic E-state index is 0.976. The Morgan fingerprint density at radius 3 is 1.96 bits per heavy atom. The van der Waals surface area contributed by atoms with Crippen LogP contribution in [-0.4, -0.2) is 9.38 Å². The topological polar surface area (TPSA) is 17.3 Å². The summed E-state index contributed by atoms with van der Waals surface area (Å²) in [7, 11) is 0. The first-order chi connectivity index (χ1) is 13.8. The third kappa shape index (κ3) is 2.89. The highest BCUT2D eigenvalue weighted by molar-refractivity contribution is 5.84. The molecule has 2 aromatic heterocycles. The van der Waals surface area contributed by atoms with E-state index in [9.17, 15) is 0 Å². The molecule has 0 amide bonds. The van der Waals surface area contributed by atoms with Crippen molar-refractivity contribution in [3.8, 4) is 33.5 Å². The summed E-state index contributed by atoms with van der Waals surface area (Å²) < 4.78 is 2.16. The van der Waals surface area contributed by atoms with Gasteiger partial charge in [0.15, 0.2) is 0 Å². The summed E-state index contributed by atoms with van der Waals surface area (Å²) in [6.07, 6.45) is 4.31. The first-order valence-corrected chi connectivity index (χ1v) is 9.49. The fourth-order valence-electron chi connectivity index (χ4n) is 3.71. The van der Waals surface area contributed by atoms with Crippen molar-refractivity contribution in [1.29, 1.82) is 0 Å². The van der Waals surface area contributed by atoms with Crippen LogP contribution in [0, 0.1) is 6.92 Å². The first kappa shape index (κ1) is 16.5. The highest BCUT2D eigenvalue weighted by Crippen LogP contribution is 2.32. The molecule has 0 N–H and O–H groups in total. The zero-order valence-corrected chi connectivity index (χ0v) is 15.7. The molecule has 0 saturated carbocycles. The minimum atomic E-state index is 0.976. The quantitative estimate of drug-likeness (QED) is 0.352. The van der Waals surface area contributed by atoms with Crippen molar-refractivity contribution in [2.24, 2.45) is 0 Å². The lowest BCUT2D eigenvalue weighted by molar-refractivity contribution is 1.19. The monoisotopic (exact) mass is 360 g/mol. The van der Waals surface area contributed by atoms with E-state index in [4.69, 9.17) is 4.98 Å². The van der Waals surface area contributed by atoms with E-state index in [1.165, 1.54) is 27.8 Å². The highest BCUT2D eigenvalue weighted by atomic mass is 15.0. The van der Waals surface area contributed by atoms with Gasteiger partial charge in [0.2, 0.25) is 0 Å². The van der Waals surface area contributed by atoms with Gasteiger partial charge in [-0.1, -0.05) is 84.9 Å². The maximum Gasteiger partial charge on any atom is 0.145 e. The van der Waals surface area contributed by atoms with Crippen molar-refractivity contribution < 1.29 is 0 Å². The molecule has 0 unspecified atom stereocenters. The Hall–Kier alpha value is -3.65. The molecular weight excluding hydrogens is 340 g/mol. The van der Waals surface area contributed by atoms with Gasteiger partial charge in [0.05, 0.1) is 5.69 Å². The van der Waals surface area contributed by atoms with E-state index in [1.807, 2.05) is 12.1 Å². The van der Waals surface area contributed by atoms with Gasteiger partial charge in [-0.05, 0) is 35.2 Å². The summed E-state index contributed by atoms with van der Waals surface area (Å²) in [5.41, 5.74) is 9.08. The zero-order chi connectivity index (χ0) is 18.9. The highest BCUT2D eigenvalue weighted by Gasteiger charge is 2.13. The minimum Gasteiger partial charge on any atom is -0.305 e. The van der Waals surface area contributed by atoms with Gasteiger partial charge in [0, 0.05) is 23.5 Å². The van der Waals surface area contributed by atoms with Crippen molar-refractivity contribution in [3.05, 3.63) is 109 Å². The van der Waals surface area contributed by atoms with Gasteiger partial charge in [0.1, 0.15) is 5.65 Å². The number of rotatable bonds is 3. The fourth-order valence-corrected chi connectivity index (χ4v) is 3.71. The van der Waals surface area contributed by atoms with E-state index < -0.39 is 0 Å².